The van der Waals surface area contributed by atoms with Gasteiger partial charge in [-0.2, -0.15) is 0 Å². The van der Waals surface area contributed by atoms with Crippen LogP contribution >= 0.6 is 0 Å². The summed E-state index contributed by atoms with van der Waals surface area (Å²) in [6, 6.07) is 15.6. The first kappa shape index (κ1) is 27.3. The highest BCUT2D eigenvalue weighted by molar-refractivity contribution is 5.75. The maximum absolute atomic E-state index is 12.5. The molecule has 0 bridgehead atoms. The van der Waals surface area contributed by atoms with Crippen molar-refractivity contribution < 1.29 is 14.8 Å². The van der Waals surface area contributed by atoms with Crippen LogP contribution in [0.3, 0.4) is 0 Å². The summed E-state index contributed by atoms with van der Waals surface area (Å²) in [6.07, 6.45) is 7.16. The quantitative estimate of drug-likeness (QED) is 0.284. The van der Waals surface area contributed by atoms with Crippen LogP contribution < -0.4 is 5.32 Å². The zero-order chi connectivity index (χ0) is 28.7. The van der Waals surface area contributed by atoms with Gasteiger partial charge in [0.25, 0.3) is 0 Å². The highest BCUT2D eigenvalue weighted by Crippen LogP contribution is 2.35. The average Bonchev–Trinajstić information content (AvgIpc) is 3.71. The van der Waals surface area contributed by atoms with Gasteiger partial charge in [-0.3, -0.25) is 0 Å². The molecule has 2 aromatic carbocycles. The molecule has 4 N–H and O–H groups in total. The van der Waals surface area contributed by atoms with Crippen molar-refractivity contribution in [2.45, 2.75) is 77.5 Å². The van der Waals surface area contributed by atoms with E-state index in [0.29, 0.717) is 6.04 Å². The molecule has 2 aromatic heterocycles. The molecule has 1 fully saturated rings. The summed E-state index contributed by atoms with van der Waals surface area (Å²) in [5.41, 5.74) is 8.91. The van der Waals surface area contributed by atoms with Gasteiger partial charge in [0, 0.05) is 31.1 Å². The Hall–Kier alpha value is -3.91. The van der Waals surface area contributed by atoms with E-state index in [1.807, 2.05) is 33.9 Å². The average molecular weight is 554 g/mol. The van der Waals surface area contributed by atoms with Crippen LogP contribution in [0.2, 0.25) is 0 Å². The van der Waals surface area contributed by atoms with E-state index in [0.717, 1.165) is 47.9 Å². The summed E-state index contributed by atoms with van der Waals surface area (Å²) in [6.45, 7) is 8.73. The number of nitrogens with zero attached hydrogens (tertiary/aromatic N) is 3. The summed E-state index contributed by atoms with van der Waals surface area (Å²) in [5, 5.41) is 2.42. The maximum atomic E-state index is 12.5. The molecule has 0 spiro atoms. The van der Waals surface area contributed by atoms with Gasteiger partial charge >= 0.3 is 6.09 Å². The van der Waals surface area contributed by atoms with Gasteiger partial charge in [0.2, 0.25) is 0 Å². The first-order valence-electron chi connectivity index (χ1n) is 14.8. The Morgan fingerprint density at radius 3 is 2.54 bits per heavy atom. The van der Waals surface area contributed by atoms with Crippen LogP contribution in [0.25, 0.3) is 33.6 Å². The number of hydrogen-bond acceptors (Lipinski definition) is 4. The summed E-state index contributed by atoms with van der Waals surface area (Å²) < 4.78 is 5.51. The number of benzene rings is 2. The van der Waals surface area contributed by atoms with Gasteiger partial charge < -0.3 is 24.9 Å². The standard InChI is InChI=1S/C33H40N6O2/c1-20(39(5)32(40)41-33(2,3)4)30-35-19-28(37-30)22-13-11-21(12-14-22)23-15-16-25-24(18-23)8-6-9-26-29(25)38-31(36-26)27-10-7-17-34-27/h11-16,18-20,27,34H,6-10,17H2,1-5H3,(H,35,37)(H,36,38)/p+1/t20-,27-/m0/s1. The number of quaternary nitrogens is 1. The Morgan fingerprint density at radius 2 is 1.80 bits per heavy atom. The Labute approximate surface area is 242 Å². The first-order chi connectivity index (χ1) is 19.7. The predicted molar refractivity (Wildman–Crippen MR) is 160 cm³/mol. The van der Waals surface area contributed by atoms with E-state index in [2.05, 4.69) is 62.7 Å². The molecule has 2 aliphatic rings. The number of hydrogen-bond donors (Lipinski definition) is 3. The lowest BCUT2D eigenvalue weighted by molar-refractivity contribution is -0.677. The first-order valence-corrected chi connectivity index (χ1v) is 14.8. The van der Waals surface area contributed by atoms with Crippen molar-refractivity contribution in [1.29, 1.82) is 0 Å². The number of nitrogens with one attached hydrogen (secondary N) is 2. The molecule has 4 aromatic rings. The number of carbonyl (C=O) groups is 1. The van der Waals surface area contributed by atoms with Crippen LogP contribution in [0.15, 0.2) is 48.7 Å². The van der Waals surface area contributed by atoms with E-state index in [1.54, 1.807) is 11.9 Å². The number of fused-ring (bicyclic) bond motifs is 3. The van der Waals surface area contributed by atoms with Crippen LogP contribution in [0.4, 0.5) is 4.79 Å². The van der Waals surface area contributed by atoms with Gasteiger partial charge in [-0.25, -0.2) is 14.8 Å². The Kier molecular flexibility index (Phi) is 7.20. The van der Waals surface area contributed by atoms with Crippen molar-refractivity contribution in [3.63, 3.8) is 0 Å². The third kappa shape index (κ3) is 5.66. The molecule has 0 radical (unpaired) electrons. The van der Waals surface area contributed by atoms with Gasteiger partial charge in [0.1, 0.15) is 17.5 Å². The van der Waals surface area contributed by atoms with Crippen molar-refractivity contribution >= 4 is 6.09 Å². The number of aryl methyl sites for hydroxylation is 2. The lowest BCUT2D eigenvalue weighted by atomic mass is 9.95. The van der Waals surface area contributed by atoms with Crippen molar-refractivity contribution in [2.75, 3.05) is 13.6 Å². The van der Waals surface area contributed by atoms with E-state index >= 15 is 0 Å². The van der Waals surface area contributed by atoms with Gasteiger partial charge in [-0.05, 0) is 69.2 Å². The lowest BCUT2D eigenvalue weighted by Crippen LogP contribution is -2.82. The normalized spacial score (nSPS) is 17.4. The molecule has 8 heteroatoms. The molecule has 2 atom stereocenters. The summed E-state index contributed by atoms with van der Waals surface area (Å²) >= 11 is 0. The molecule has 3 heterocycles. The summed E-state index contributed by atoms with van der Waals surface area (Å²) in [7, 11) is 1.73. The van der Waals surface area contributed by atoms with E-state index in [4.69, 9.17) is 9.72 Å². The molecular weight excluding hydrogens is 512 g/mol. The van der Waals surface area contributed by atoms with Crippen molar-refractivity contribution in [1.82, 2.24) is 24.8 Å². The summed E-state index contributed by atoms with van der Waals surface area (Å²) in [5.74, 6) is 1.86. The van der Waals surface area contributed by atoms with E-state index in [1.165, 1.54) is 47.3 Å². The zero-order valence-corrected chi connectivity index (χ0v) is 24.8. The second kappa shape index (κ2) is 10.8. The monoisotopic (exact) mass is 553 g/mol. The van der Waals surface area contributed by atoms with Crippen molar-refractivity contribution in [2.24, 2.45) is 0 Å². The van der Waals surface area contributed by atoms with Crippen LogP contribution in [0.1, 0.15) is 81.9 Å². The molecule has 1 aliphatic carbocycles. The number of amides is 1. The van der Waals surface area contributed by atoms with E-state index in [-0.39, 0.29) is 12.1 Å². The van der Waals surface area contributed by atoms with Crippen molar-refractivity contribution in [3.8, 4) is 33.6 Å². The molecule has 214 valence electrons. The van der Waals surface area contributed by atoms with Crippen LogP contribution in [0.5, 0.6) is 0 Å². The molecule has 8 nitrogen and oxygen atoms in total. The predicted octanol–water partition coefficient (Wildman–Crippen LogP) is 5.95. The lowest BCUT2D eigenvalue weighted by Gasteiger charge is -2.27. The third-order valence-electron chi connectivity index (χ3n) is 8.33. The number of aromatic amines is 2. The van der Waals surface area contributed by atoms with E-state index in [9.17, 15) is 4.79 Å². The van der Waals surface area contributed by atoms with Gasteiger partial charge in [-0.15, -0.1) is 0 Å². The number of imidazole rings is 2. The fourth-order valence-electron chi connectivity index (χ4n) is 5.91. The number of carbonyl (C=O) groups excluding carboxylic acids is 1. The van der Waals surface area contributed by atoms with Crippen LogP contribution in [-0.4, -0.2) is 50.1 Å². The highest BCUT2D eigenvalue weighted by atomic mass is 16.6. The molecule has 1 saturated heterocycles. The molecule has 1 amide bonds. The zero-order valence-electron chi connectivity index (χ0n) is 24.8. The molecule has 0 saturated carbocycles. The van der Waals surface area contributed by atoms with Crippen molar-refractivity contribution in [3.05, 3.63) is 71.6 Å². The Balaban J connectivity index is 1.19. The number of H-pyrrole nitrogens is 2. The minimum Gasteiger partial charge on any atom is -0.444 e. The van der Waals surface area contributed by atoms with Gasteiger partial charge in [-0.1, -0.05) is 42.5 Å². The molecule has 1 aliphatic heterocycles. The maximum Gasteiger partial charge on any atom is 0.410 e. The molecule has 41 heavy (non-hydrogen) atoms. The summed E-state index contributed by atoms with van der Waals surface area (Å²) in [4.78, 5) is 30.8. The number of nitrogens with two attached hydrogens (primary N) is 1. The second-order valence-corrected chi connectivity index (χ2v) is 12.5. The van der Waals surface area contributed by atoms with Crippen LogP contribution in [0, 0.1) is 0 Å². The fraction of sp³-hybridized carbons (Fsp3) is 0.424. The fourth-order valence-corrected chi connectivity index (χ4v) is 5.91. The topological polar surface area (TPSA) is 104 Å². The number of ether oxygens (including phenoxy) is 1. The van der Waals surface area contributed by atoms with E-state index < -0.39 is 5.60 Å². The minimum absolute atomic E-state index is 0.250. The van der Waals surface area contributed by atoms with Crippen LogP contribution in [-0.2, 0) is 17.6 Å². The minimum atomic E-state index is -0.544. The second-order valence-electron chi connectivity index (χ2n) is 12.5. The molecule has 0 unspecified atom stereocenters. The Bertz CT molecular complexity index is 1540. The van der Waals surface area contributed by atoms with Gasteiger partial charge in [0.05, 0.1) is 30.2 Å². The smallest absolute Gasteiger partial charge is 0.410 e. The SMILES string of the molecule is C[C@@H](c1ncc(-c2ccc(-c3ccc4c(c3)CCCc3[nH]c([C@@H]5CCC[NH2+]5)nc3-4)cc2)[nH]1)N(C)C(=O)OC(C)(C)C. The number of aromatic nitrogens is 4. The largest absolute Gasteiger partial charge is 0.444 e. The highest BCUT2D eigenvalue weighted by Gasteiger charge is 2.28. The third-order valence-corrected chi connectivity index (χ3v) is 8.33. The molecule has 6 rings (SSSR count). The van der Waals surface area contributed by atoms with Gasteiger partial charge in [0.15, 0.2) is 5.82 Å². The molecular formula is C33H41N6O2+. The number of rotatable bonds is 5. The Morgan fingerprint density at radius 1 is 1.05 bits per heavy atom.